The number of terminal acetylenes is 1. The molecule has 0 saturated heterocycles. The third kappa shape index (κ3) is 12.0. The zero-order chi connectivity index (χ0) is 12.8. The highest BCUT2D eigenvalue weighted by Crippen LogP contribution is 1.89. The third-order valence-electron chi connectivity index (χ3n) is 1.31. The summed E-state index contributed by atoms with van der Waals surface area (Å²) >= 11 is 0. The molecule has 6 nitrogen and oxygen atoms in total. The summed E-state index contributed by atoms with van der Waals surface area (Å²) in [5.74, 6) is 2.43. The quantitative estimate of drug-likeness (QED) is 0.316. The molecule has 1 heterocycles. The summed E-state index contributed by atoms with van der Waals surface area (Å²) in [4.78, 5) is 2.36. The Morgan fingerprint density at radius 3 is 2.25 bits per heavy atom. The monoisotopic (exact) mass is 222 g/mol. The van der Waals surface area contributed by atoms with Gasteiger partial charge in [0.05, 0.1) is 5.69 Å². The molecule has 6 heteroatoms. The molecule has 1 rings (SSSR count). The smallest absolute Gasteiger partial charge is 0.0824 e. The van der Waals surface area contributed by atoms with Crippen molar-refractivity contribution in [2.24, 2.45) is 12.2 Å². The minimum atomic E-state index is 0.847. The van der Waals surface area contributed by atoms with Gasteiger partial charge < -0.3 is 0 Å². The van der Waals surface area contributed by atoms with Crippen molar-refractivity contribution < 1.29 is 0 Å². The number of hydrogen-bond acceptors (Lipinski definition) is 3. The van der Waals surface area contributed by atoms with Gasteiger partial charge >= 0.3 is 0 Å². The van der Waals surface area contributed by atoms with Gasteiger partial charge in [-0.2, -0.15) is 0 Å². The van der Waals surface area contributed by atoms with Gasteiger partial charge in [0.25, 0.3) is 0 Å². The van der Waals surface area contributed by atoms with Crippen LogP contribution in [0.15, 0.2) is 11.3 Å². The van der Waals surface area contributed by atoms with Crippen molar-refractivity contribution in [2.45, 2.75) is 26.7 Å². The van der Waals surface area contributed by atoms with Crippen LogP contribution in [-0.2, 0) is 13.5 Å². The van der Waals surface area contributed by atoms with Crippen molar-refractivity contribution in [3.63, 3.8) is 0 Å². The van der Waals surface area contributed by atoms with E-state index >= 15 is 0 Å². The molecule has 0 radical (unpaired) electrons. The lowest BCUT2D eigenvalue weighted by Gasteiger charge is -1.78. The Morgan fingerprint density at radius 1 is 1.62 bits per heavy atom. The van der Waals surface area contributed by atoms with E-state index in [9.17, 15) is 0 Å². The topological polar surface area (TPSA) is 79.5 Å². The minimum absolute atomic E-state index is 0.847. The molecule has 1 aromatic rings. The summed E-state index contributed by atoms with van der Waals surface area (Å²) in [6.07, 6.45) is 8.51. The van der Waals surface area contributed by atoms with Gasteiger partial charge in [-0.05, 0) is 12.0 Å². The second-order valence-corrected chi connectivity index (χ2v) is 2.58. The van der Waals surface area contributed by atoms with Crippen molar-refractivity contribution in [3.05, 3.63) is 22.3 Å². The first-order chi connectivity index (χ1) is 7.65. The van der Waals surface area contributed by atoms with Crippen LogP contribution in [0.3, 0.4) is 0 Å². The molecule has 0 N–H and O–H groups in total. The van der Waals surface area contributed by atoms with Gasteiger partial charge in [-0.3, -0.25) is 4.68 Å². The van der Waals surface area contributed by atoms with Gasteiger partial charge in [0.1, 0.15) is 0 Å². The summed E-state index contributed by atoms with van der Waals surface area (Å²) in [5, 5.41) is 10.5. The average molecular weight is 222 g/mol. The van der Waals surface area contributed by atoms with Crippen molar-refractivity contribution in [1.29, 1.82) is 0 Å². The second kappa shape index (κ2) is 13.0. The van der Waals surface area contributed by atoms with Crippen molar-refractivity contribution in [3.8, 4) is 12.3 Å². The molecule has 0 aliphatic rings. The molecule has 0 spiro atoms. The van der Waals surface area contributed by atoms with Crippen LogP contribution in [0.2, 0.25) is 0 Å². The van der Waals surface area contributed by atoms with E-state index in [1.54, 1.807) is 4.68 Å². The van der Waals surface area contributed by atoms with Crippen molar-refractivity contribution in [2.75, 3.05) is 7.05 Å². The Kier molecular flexibility index (Phi) is 13.4. The fourth-order valence-corrected chi connectivity index (χ4v) is 0.557. The number of azide groups is 1. The standard InChI is InChI=1S/C5H9N3.C4H6.CH3N3/c1-3-5-4-8(2)7-6-5;2*1-3-4-2/h4H,3H2,1-2H3;1H,4H2,2H3;1H3. The van der Waals surface area contributed by atoms with Gasteiger partial charge in [-0.25, -0.2) is 0 Å². The highest BCUT2D eigenvalue weighted by molar-refractivity contribution is 4.89. The third-order valence-corrected chi connectivity index (χ3v) is 1.31. The lowest BCUT2D eigenvalue weighted by atomic mass is 10.4. The molecule has 16 heavy (non-hydrogen) atoms. The first-order valence-electron chi connectivity index (χ1n) is 4.87. The summed E-state index contributed by atoms with van der Waals surface area (Å²) < 4.78 is 1.71. The number of aromatic nitrogens is 3. The van der Waals surface area contributed by atoms with E-state index in [1.165, 1.54) is 7.05 Å². The van der Waals surface area contributed by atoms with E-state index in [1.807, 2.05) is 20.2 Å². The van der Waals surface area contributed by atoms with Crippen LogP contribution in [0, 0.1) is 12.3 Å². The van der Waals surface area contributed by atoms with E-state index in [0.717, 1.165) is 18.5 Å². The summed E-state index contributed by atoms with van der Waals surface area (Å²) in [5.41, 5.74) is 8.38. The lowest BCUT2D eigenvalue weighted by molar-refractivity contribution is 0.713. The normalized spacial score (nSPS) is 7.19. The number of nitrogens with zero attached hydrogens (tertiary/aromatic N) is 6. The van der Waals surface area contributed by atoms with Crippen LogP contribution in [0.4, 0.5) is 0 Å². The van der Waals surface area contributed by atoms with E-state index in [4.69, 9.17) is 12.0 Å². The molecule has 0 saturated carbocycles. The predicted octanol–water partition coefficient (Wildman–Crippen LogP) is 2.33. The average Bonchev–Trinajstić information content (AvgIpc) is 2.75. The maximum atomic E-state index is 7.33. The Bertz CT molecular complexity index is 342. The minimum Gasteiger partial charge on any atom is -0.255 e. The number of rotatable bonds is 1. The molecule has 0 aliphatic carbocycles. The highest BCUT2D eigenvalue weighted by Gasteiger charge is 1.90. The van der Waals surface area contributed by atoms with Crippen LogP contribution in [-0.4, -0.2) is 22.0 Å². The van der Waals surface area contributed by atoms with Crippen molar-refractivity contribution in [1.82, 2.24) is 15.0 Å². The maximum absolute atomic E-state index is 7.33. The summed E-state index contributed by atoms with van der Waals surface area (Å²) in [6, 6.07) is 0. The molecular weight excluding hydrogens is 204 g/mol. The van der Waals surface area contributed by atoms with E-state index < -0.39 is 0 Å². The van der Waals surface area contributed by atoms with Gasteiger partial charge in [-0.15, -0.1) is 17.4 Å². The Morgan fingerprint density at radius 2 is 2.12 bits per heavy atom. The van der Waals surface area contributed by atoms with Crippen LogP contribution in [0.1, 0.15) is 26.0 Å². The summed E-state index contributed by atoms with van der Waals surface area (Å²) in [6.45, 7) is 4.00. The largest absolute Gasteiger partial charge is 0.255 e. The molecule has 88 valence electrons. The molecule has 0 aliphatic heterocycles. The predicted molar refractivity (Wildman–Crippen MR) is 64.6 cm³/mol. The lowest BCUT2D eigenvalue weighted by Crippen LogP contribution is -1.85. The van der Waals surface area contributed by atoms with Gasteiger partial charge in [0, 0.05) is 31.6 Å². The fourth-order valence-electron chi connectivity index (χ4n) is 0.557. The van der Waals surface area contributed by atoms with Crippen LogP contribution in [0.5, 0.6) is 0 Å². The molecular formula is C10H18N6. The first kappa shape index (κ1) is 16.4. The maximum Gasteiger partial charge on any atom is 0.0824 e. The molecule has 0 fully saturated rings. The van der Waals surface area contributed by atoms with E-state index in [-0.39, 0.29) is 0 Å². The molecule has 1 aromatic heterocycles. The summed E-state index contributed by atoms with van der Waals surface area (Å²) in [7, 11) is 3.26. The van der Waals surface area contributed by atoms with Crippen LogP contribution in [0.25, 0.3) is 10.4 Å². The zero-order valence-electron chi connectivity index (χ0n) is 10.3. The first-order valence-corrected chi connectivity index (χ1v) is 4.87. The van der Waals surface area contributed by atoms with E-state index in [0.29, 0.717) is 0 Å². The van der Waals surface area contributed by atoms with Crippen LogP contribution >= 0.6 is 0 Å². The Labute approximate surface area is 96.3 Å². The van der Waals surface area contributed by atoms with Gasteiger partial charge in [-0.1, -0.05) is 24.2 Å². The fraction of sp³-hybridized carbons (Fsp3) is 0.600. The van der Waals surface area contributed by atoms with E-state index in [2.05, 4.69) is 33.2 Å². The van der Waals surface area contributed by atoms with Crippen molar-refractivity contribution >= 4 is 0 Å². The number of hydrogen-bond donors (Lipinski definition) is 0. The van der Waals surface area contributed by atoms with Crippen LogP contribution < -0.4 is 0 Å². The molecule has 0 unspecified atom stereocenters. The highest BCUT2D eigenvalue weighted by atomic mass is 15.4. The number of aryl methyl sites for hydroxylation is 2. The second-order valence-electron chi connectivity index (χ2n) is 2.58. The van der Waals surface area contributed by atoms with Gasteiger partial charge in [0.2, 0.25) is 0 Å². The molecule has 0 aromatic carbocycles. The molecule has 0 amide bonds. The SMILES string of the molecule is C#CCC.CCc1cn(C)nn1.CN=[N+]=[N-]. The zero-order valence-corrected chi connectivity index (χ0v) is 10.3. The van der Waals surface area contributed by atoms with Gasteiger partial charge in [0.15, 0.2) is 0 Å². The molecule has 0 atom stereocenters. The Hall–Kier alpha value is -1.99. The molecule has 0 bridgehead atoms. The Balaban J connectivity index is 0.